The standard InChI is InChI=1S/C16H22N2O4/c1-5-17-16(20)11(2)18-14(19)10-9-12-7-6-8-13(21-3)15(12)22-4/h6-11H,5H2,1-4H3,(H,17,20)(H,18,19)/b10-9+/t11-/m1/s1. The lowest BCUT2D eigenvalue weighted by Gasteiger charge is -2.12. The molecule has 120 valence electrons. The van der Waals surface area contributed by atoms with Gasteiger partial charge < -0.3 is 20.1 Å². The fourth-order valence-corrected chi connectivity index (χ4v) is 1.86. The quantitative estimate of drug-likeness (QED) is 0.746. The van der Waals surface area contributed by atoms with Crippen LogP contribution in [0.5, 0.6) is 11.5 Å². The van der Waals surface area contributed by atoms with E-state index in [2.05, 4.69) is 10.6 Å². The zero-order valence-corrected chi connectivity index (χ0v) is 13.3. The van der Waals surface area contributed by atoms with Crippen molar-refractivity contribution in [1.29, 1.82) is 0 Å². The Morgan fingerprint density at radius 3 is 2.59 bits per heavy atom. The number of carbonyl (C=O) groups excluding carboxylic acids is 2. The van der Waals surface area contributed by atoms with Crippen LogP contribution < -0.4 is 20.1 Å². The van der Waals surface area contributed by atoms with Crippen molar-refractivity contribution in [2.24, 2.45) is 0 Å². The number of likely N-dealkylation sites (N-methyl/N-ethyl adjacent to an activating group) is 1. The highest BCUT2D eigenvalue weighted by Gasteiger charge is 2.13. The van der Waals surface area contributed by atoms with Crippen LogP contribution in [0.1, 0.15) is 19.4 Å². The van der Waals surface area contributed by atoms with Crippen LogP contribution in [0.2, 0.25) is 0 Å². The number of benzene rings is 1. The monoisotopic (exact) mass is 306 g/mol. The van der Waals surface area contributed by atoms with Gasteiger partial charge in [0.15, 0.2) is 11.5 Å². The molecule has 0 fully saturated rings. The molecule has 0 unspecified atom stereocenters. The first-order chi connectivity index (χ1) is 10.5. The van der Waals surface area contributed by atoms with Crippen molar-refractivity contribution in [2.45, 2.75) is 19.9 Å². The van der Waals surface area contributed by atoms with Gasteiger partial charge in [0, 0.05) is 18.2 Å². The van der Waals surface area contributed by atoms with Crippen molar-refractivity contribution in [3.8, 4) is 11.5 Å². The molecule has 0 aliphatic heterocycles. The van der Waals surface area contributed by atoms with Gasteiger partial charge in [0.25, 0.3) is 0 Å². The minimum Gasteiger partial charge on any atom is -0.493 e. The number of nitrogens with one attached hydrogen (secondary N) is 2. The van der Waals surface area contributed by atoms with Gasteiger partial charge >= 0.3 is 0 Å². The van der Waals surface area contributed by atoms with Gasteiger partial charge in [-0.3, -0.25) is 9.59 Å². The van der Waals surface area contributed by atoms with E-state index in [0.717, 1.165) is 0 Å². The van der Waals surface area contributed by atoms with Crippen molar-refractivity contribution in [3.05, 3.63) is 29.8 Å². The van der Waals surface area contributed by atoms with Crippen LogP contribution in [-0.4, -0.2) is 38.6 Å². The predicted molar refractivity (Wildman–Crippen MR) is 84.9 cm³/mol. The summed E-state index contributed by atoms with van der Waals surface area (Å²) in [5.41, 5.74) is 0.711. The van der Waals surface area contributed by atoms with Gasteiger partial charge in [0.2, 0.25) is 11.8 Å². The summed E-state index contributed by atoms with van der Waals surface area (Å²) in [5, 5.41) is 5.23. The van der Waals surface area contributed by atoms with E-state index in [1.807, 2.05) is 6.92 Å². The fourth-order valence-electron chi connectivity index (χ4n) is 1.86. The molecule has 2 amide bonds. The molecule has 0 aromatic heterocycles. The molecule has 6 heteroatoms. The average Bonchev–Trinajstić information content (AvgIpc) is 2.52. The molecule has 0 aliphatic rings. The molecule has 1 aromatic carbocycles. The van der Waals surface area contributed by atoms with Crippen molar-refractivity contribution in [2.75, 3.05) is 20.8 Å². The summed E-state index contributed by atoms with van der Waals surface area (Å²) in [6.07, 6.45) is 2.97. The third-order valence-corrected chi connectivity index (χ3v) is 2.95. The Bertz CT molecular complexity index is 555. The predicted octanol–water partition coefficient (Wildman–Crippen LogP) is 1.36. The molecule has 1 rings (SSSR count). The van der Waals surface area contributed by atoms with Gasteiger partial charge in [-0.2, -0.15) is 0 Å². The number of hydrogen-bond donors (Lipinski definition) is 2. The first-order valence-electron chi connectivity index (χ1n) is 7.00. The van der Waals surface area contributed by atoms with Crippen LogP contribution in [0.15, 0.2) is 24.3 Å². The molecule has 0 saturated heterocycles. The largest absolute Gasteiger partial charge is 0.493 e. The highest BCUT2D eigenvalue weighted by molar-refractivity contribution is 5.95. The third kappa shape index (κ3) is 4.80. The molecule has 0 radical (unpaired) electrons. The lowest BCUT2D eigenvalue weighted by Crippen LogP contribution is -2.44. The van der Waals surface area contributed by atoms with E-state index in [-0.39, 0.29) is 11.8 Å². The minimum absolute atomic E-state index is 0.219. The maximum Gasteiger partial charge on any atom is 0.244 e. The minimum atomic E-state index is -0.593. The Morgan fingerprint density at radius 1 is 1.27 bits per heavy atom. The van der Waals surface area contributed by atoms with E-state index in [1.165, 1.54) is 13.2 Å². The third-order valence-electron chi connectivity index (χ3n) is 2.95. The lowest BCUT2D eigenvalue weighted by atomic mass is 10.1. The zero-order chi connectivity index (χ0) is 16.5. The average molecular weight is 306 g/mol. The van der Waals surface area contributed by atoms with Crippen molar-refractivity contribution < 1.29 is 19.1 Å². The molecule has 0 saturated carbocycles. The Morgan fingerprint density at radius 2 is 2.00 bits per heavy atom. The second-order valence-corrected chi connectivity index (χ2v) is 4.54. The second kappa shape index (κ2) is 8.71. The first-order valence-corrected chi connectivity index (χ1v) is 7.00. The SMILES string of the molecule is CCNC(=O)[C@@H](C)NC(=O)/C=C/c1cccc(OC)c1OC. The molecule has 22 heavy (non-hydrogen) atoms. The van der Waals surface area contributed by atoms with E-state index < -0.39 is 6.04 Å². The number of hydrogen-bond acceptors (Lipinski definition) is 4. The normalized spacial score (nSPS) is 11.8. The topological polar surface area (TPSA) is 76.7 Å². The van der Waals surface area contributed by atoms with Gasteiger partial charge in [-0.1, -0.05) is 12.1 Å². The van der Waals surface area contributed by atoms with E-state index in [4.69, 9.17) is 9.47 Å². The maximum absolute atomic E-state index is 11.8. The van der Waals surface area contributed by atoms with Gasteiger partial charge in [0.05, 0.1) is 14.2 Å². The van der Waals surface area contributed by atoms with Gasteiger partial charge in [-0.15, -0.1) is 0 Å². The smallest absolute Gasteiger partial charge is 0.244 e. The summed E-state index contributed by atoms with van der Waals surface area (Å²) in [6, 6.07) is 4.78. The molecule has 1 aromatic rings. The highest BCUT2D eigenvalue weighted by Crippen LogP contribution is 2.31. The summed E-state index contributed by atoms with van der Waals surface area (Å²) in [5.74, 6) is 0.554. The van der Waals surface area contributed by atoms with Crippen LogP contribution in [0.4, 0.5) is 0 Å². The van der Waals surface area contributed by atoms with Gasteiger partial charge in [-0.25, -0.2) is 0 Å². The van der Waals surface area contributed by atoms with Crippen LogP contribution in [0, 0.1) is 0 Å². The molecule has 0 bridgehead atoms. The Labute approximate surface area is 130 Å². The van der Waals surface area contributed by atoms with Gasteiger partial charge in [0.1, 0.15) is 6.04 Å². The lowest BCUT2D eigenvalue weighted by molar-refractivity contribution is -0.126. The summed E-state index contributed by atoms with van der Waals surface area (Å²) in [6.45, 7) is 3.97. The second-order valence-electron chi connectivity index (χ2n) is 4.54. The molecule has 0 heterocycles. The number of para-hydroxylation sites is 1. The Kier molecular flexibility index (Phi) is 6.95. The van der Waals surface area contributed by atoms with E-state index in [1.54, 1.807) is 38.3 Å². The van der Waals surface area contributed by atoms with Crippen molar-refractivity contribution in [1.82, 2.24) is 10.6 Å². The number of amides is 2. The Balaban J connectivity index is 2.76. The Hall–Kier alpha value is -2.50. The first kappa shape index (κ1) is 17.6. The molecular formula is C16H22N2O4. The summed E-state index contributed by atoms with van der Waals surface area (Å²) in [7, 11) is 3.08. The van der Waals surface area contributed by atoms with Crippen molar-refractivity contribution in [3.63, 3.8) is 0 Å². The molecule has 0 aliphatic carbocycles. The van der Waals surface area contributed by atoms with E-state index in [0.29, 0.717) is 23.6 Å². The number of carbonyl (C=O) groups is 2. The van der Waals surface area contributed by atoms with E-state index >= 15 is 0 Å². The summed E-state index contributed by atoms with van der Waals surface area (Å²) < 4.78 is 10.5. The molecule has 0 spiro atoms. The fraction of sp³-hybridized carbons (Fsp3) is 0.375. The van der Waals surface area contributed by atoms with Crippen LogP contribution in [0.25, 0.3) is 6.08 Å². The zero-order valence-electron chi connectivity index (χ0n) is 13.3. The van der Waals surface area contributed by atoms with Gasteiger partial charge in [-0.05, 0) is 26.0 Å². The number of ether oxygens (including phenoxy) is 2. The highest BCUT2D eigenvalue weighted by atomic mass is 16.5. The van der Waals surface area contributed by atoms with Crippen LogP contribution >= 0.6 is 0 Å². The molecule has 2 N–H and O–H groups in total. The summed E-state index contributed by atoms with van der Waals surface area (Å²) in [4.78, 5) is 23.4. The molecule has 1 atom stereocenters. The van der Waals surface area contributed by atoms with E-state index in [9.17, 15) is 9.59 Å². The maximum atomic E-state index is 11.8. The van der Waals surface area contributed by atoms with Crippen LogP contribution in [-0.2, 0) is 9.59 Å². The number of methoxy groups -OCH3 is 2. The number of rotatable bonds is 7. The van der Waals surface area contributed by atoms with Crippen LogP contribution in [0.3, 0.4) is 0 Å². The molecule has 6 nitrogen and oxygen atoms in total. The van der Waals surface area contributed by atoms with Crippen molar-refractivity contribution >= 4 is 17.9 Å². The molecular weight excluding hydrogens is 284 g/mol. The summed E-state index contributed by atoms with van der Waals surface area (Å²) >= 11 is 0.